The van der Waals surface area contributed by atoms with Crippen LogP contribution in [0.3, 0.4) is 0 Å². The molecule has 0 heterocycles. The van der Waals surface area contributed by atoms with E-state index in [1.54, 1.807) is 6.07 Å². The van der Waals surface area contributed by atoms with Crippen LogP contribution in [0.4, 0.5) is 0 Å². The summed E-state index contributed by atoms with van der Waals surface area (Å²) in [6, 6.07) is 13.9. The van der Waals surface area contributed by atoms with Gasteiger partial charge in [-0.2, -0.15) is 0 Å². The van der Waals surface area contributed by atoms with Crippen molar-refractivity contribution in [2.45, 2.75) is 33.6 Å². The van der Waals surface area contributed by atoms with Gasteiger partial charge in [0.1, 0.15) is 5.75 Å². The molecule has 2 aromatic rings. The number of aromatic hydroxyl groups is 1. The van der Waals surface area contributed by atoms with E-state index in [0.29, 0.717) is 18.1 Å². The summed E-state index contributed by atoms with van der Waals surface area (Å²) in [6.45, 7) is 6.34. The van der Waals surface area contributed by atoms with E-state index in [2.05, 4.69) is 26.0 Å². The third kappa shape index (κ3) is 4.14. The van der Waals surface area contributed by atoms with Gasteiger partial charge in [-0.15, -0.1) is 0 Å². The van der Waals surface area contributed by atoms with Crippen LogP contribution in [-0.4, -0.2) is 5.11 Å². The van der Waals surface area contributed by atoms with E-state index in [0.717, 1.165) is 34.4 Å². The minimum atomic E-state index is 0.347. The van der Waals surface area contributed by atoms with Gasteiger partial charge in [0.05, 0.1) is 0 Å². The molecular formula is C20H25NO. The van der Waals surface area contributed by atoms with Crippen LogP contribution in [0.15, 0.2) is 48.5 Å². The van der Waals surface area contributed by atoms with Crippen LogP contribution in [0, 0.1) is 12.8 Å². The highest BCUT2D eigenvalue weighted by Gasteiger charge is 2.08. The number of hydrogen-bond acceptors (Lipinski definition) is 2. The Morgan fingerprint density at radius 3 is 2.55 bits per heavy atom. The van der Waals surface area contributed by atoms with Crippen molar-refractivity contribution in [3.63, 3.8) is 0 Å². The van der Waals surface area contributed by atoms with Gasteiger partial charge in [-0.3, -0.25) is 0 Å². The Morgan fingerprint density at radius 2 is 1.86 bits per heavy atom. The molecule has 0 amide bonds. The van der Waals surface area contributed by atoms with Crippen molar-refractivity contribution in [1.82, 2.24) is 0 Å². The van der Waals surface area contributed by atoms with Crippen molar-refractivity contribution in [2.75, 3.05) is 0 Å². The fourth-order valence-electron chi connectivity index (χ4n) is 2.46. The summed E-state index contributed by atoms with van der Waals surface area (Å²) < 4.78 is 0. The molecule has 0 unspecified atom stereocenters. The lowest BCUT2D eigenvalue weighted by molar-refractivity contribution is 0.469. The Kier molecular flexibility index (Phi) is 5.26. The summed E-state index contributed by atoms with van der Waals surface area (Å²) in [6.07, 6.45) is 3.74. The lowest BCUT2D eigenvalue weighted by Crippen LogP contribution is -2.02. The molecule has 2 rings (SSSR count). The van der Waals surface area contributed by atoms with Crippen molar-refractivity contribution >= 4 is 5.70 Å². The van der Waals surface area contributed by atoms with Crippen LogP contribution in [0.5, 0.6) is 5.75 Å². The standard InChI is InChI=1S/C20H25NO/c1-14(2)8-11-19(21)18-7-5-4-6-16(18)13-17-10-9-15(3)12-20(17)22/h4-7,9-12,14,22H,8,13,21H2,1-3H3/b19-11+. The number of phenols is 1. The van der Waals surface area contributed by atoms with E-state index < -0.39 is 0 Å². The number of nitrogens with two attached hydrogens (primary N) is 1. The summed E-state index contributed by atoms with van der Waals surface area (Å²) in [5, 5.41) is 10.1. The monoisotopic (exact) mass is 295 g/mol. The van der Waals surface area contributed by atoms with Gasteiger partial charge in [0.25, 0.3) is 0 Å². The van der Waals surface area contributed by atoms with Gasteiger partial charge in [-0.25, -0.2) is 0 Å². The topological polar surface area (TPSA) is 46.2 Å². The number of aryl methyl sites for hydroxylation is 1. The Balaban J connectivity index is 2.30. The second kappa shape index (κ2) is 7.17. The zero-order chi connectivity index (χ0) is 16.1. The largest absolute Gasteiger partial charge is 0.508 e. The molecule has 0 saturated heterocycles. The predicted molar refractivity (Wildman–Crippen MR) is 93.7 cm³/mol. The highest BCUT2D eigenvalue weighted by molar-refractivity contribution is 5.66. The number of allylic oxidation sites excluding steroid dienone is 1. The van der Waals surface area contributed by atoms with Crippen molar-refractivity contribution in [3.8, 4) is 5.75 Å². The van der Waals surface area contributed by atoms with Crippen molar-refractivity contribution < 1.29 is 5.11 Å². The number of rotatable bonds is 5. The second-order valence-corrected chi connectivity index (χ2v) is 6.26. The quantitative estimate of drug-likeness (QED) is 0.844. The molecule has 0 bridgehead atoms. The second-order valence-electron chi connectivity index (χ2n) is 6.26. The van der Waals surface area contributed by atoms with Gasteiger partial charge in [0.2, 0.25) is 0 Å². The van der Waals surface area contributed by atoms with Gasteiger partial charge in [-0.05, 0) is 42.0 Å². The van der Waals surface area contributed by atoms with Gasteiger partial charge >= 0.3 is 0 Å². The molecule has 0 atom stereocenters. The zero-order valence-electron chi connectivity index (χ0n) is 13.6. The summed E-state index contributed by atoms with van der Waals surface area (Å²) in [4.78, 5) is 0. The molecule has 0 spiro atoms. The highest BCUT2D eigenvalue weighted by atomic mass is 16.3. The Morgan fingerprint density at radius 1 is 1.14 bits per heavy atom. The molecule has 2 nitrogen and oxygen atoms in total. The first kappa shape index (κ1) is 16.2. The van der Waals surface area contributed by atoms with Crippen molar-refractivity contribution in [3.05, 3.63) is 70.8 Å². The molecule has 0 aliphatic carbocycles. The highest BCUT2D eigenvalue weighted by Crippen LogP contribution is 2.25. The summed E-state index contributed by atoms with van der Waals surface area (Å²) in [5.41, 5.74) is 11.3. The molecule has 0 aliphatic heterocycles. The van der Waals surface area contributed by atoms with Crippen LogP contribution in [0.1, 0.15) is 42.5 Å². The van der Waals surface area contributed by atoms with Crippen LogP contribution < -0.4 is 5.73 Å². The molecule has 22 heavy (non-hydrogen) atoms. The Hall–Kier alpha value is -2.22. The molecule has 0 saturated carbocycles. The minimum Gasteiger partial charge on any atom is -0.508 e. The first-order valence-electron chi connectivity index (χ1n) is 7.79. The first-order chi connectivity index (χ1) is 10.5. The van der Waals surface area contributed by atoms with Crippen LogP contribution in [0.25, 0.3) is 5.70 Å². The smallest absolute Gasteiger partial charge is 0.119 e. The van der Waals surface area contributed by atoms with Crippen LogP contribution in [0.2, 0.25) is 0 Å². The fourth-order valence-corrected chi connectivity index (χ4v) is 2.46. The van der Waals surface area contributed by atoms with E-state index in [1.807, 2.05) is 37.3 Å². The summed E-state index contributed by atoms with van der Waals surface area (Å²) in [7, 11) is 0. The molecule has 2 aromatic carbocycles. The third-order valence-electron chi connectivity index (χ3n) is 3.76. The van der Waals surface area contributed by atoms with Gasteiger partial charge in [-0.1, -0.05) is 56.3 Å². The third-order valence-corrected chi connectivity index (χ3v) is 3.76. The van der Waals surface area contributed by atoms with Gasteiger partial charge in [0, 0.05) is 17.7 Å². The van der Waals surface area contributed by atoms with Gasteiger partial charge in [0.15, 0.2) is 0 Å². The lowest BCUT2D eigenvalue weighted by Gasteiger charge is -2.12. The van der Waals surface area contributed by atoms with Crippen LogP contribution >= 0.6 is 0 Å². The first-order valence-corrected chi connectivity index (χ1v) is 7.79. The van der Waals surface area contributed by atoms with E-state index in [4.69, 9.17) is 5.73 Å². The molecule has 116 valence electrons. The maximum absolute atomic E-state index is 10.1. The maximum Gasteiger partial charge on any atom is 0.119 e. The van der Waals surface area contributed by atoms with E-state index in [1.165, 1.54) is 0 Å². The number of hydrogen-bond donors (Lipinski definition) is 2. The zero-order valence-corrected chi connectivity index (χ0v) is 13.6. The average molecular weight is 295 g/mol. The van der Waals surface area contributed by atoms with Crippen LogP contribution in [-0.2, 0) is 6.42 Å². The molecule has 0 aliphatic rings. The van der Waals surface area contributed by atoms with Gasteiger partial charge < -0.3 is 10.8 Å². The molecule has 0 fully saturated rings. The normalized spacial score (nSPS) is 11.9. The maximum atomic E-state index is 10.1. The molecule has 2 heteroatoms. The summed E-state index contributed by atoms with van der Waals surface area (Å²) >= 11 is 0. The Labute approximate surface area is 133 Å². The summed E-state index contributed by atoms with van der Waals surface area (Å²) in [5.74, 6) is 0.936. The average Bonchev–Trinajstić information content (AvgIpc) is 2.48. The van der Waals surface area contributed by atoms with E-state index in [-0.39, 0.29) is 0 Å². The minimum absolute atomic E-state index is 0.347. The predicted octanol–water partition coefficient (Wildman–Crippen LogP) is 4.64. The number of phenolic OH excluding ortho intramolecular Hbond substituents is 1. The fraction of sp³-hybridized carbons (Fsp3) is 0.300. The van der Waals surface area contributed by atoms with Crippen molar-refractivity contribution in [2.24, 2.45) is 11.7 Å². The van der Waals surface area contributed by atoms with Crippen molar-refractivity contribution in [1.29, 1.82) is 0 Å². The molecular weight excluding hydrogens is 270 g/mol. The Bertz CT molecular complexity index is 671. The number of benzene rings is 2. The molecule has 0 aromatic heterocycles. The lowest BCUT2D eigenvalue weighted by atomic mass is 9.96. The van der Waals surface area contributed by atoms with E-state index in [9.17, 15) is 5.11 Å². The SMILES string of the molecule is Cc1ccc(Cc2ccccc2/C(N)=C\CC(C)C)c(O)c1. The molecule has 3 N–H and O–H groups in total. The van der Waals surface area contributed by atoms with E-state index >= 15 is 0 Å². The molecule has 0 radical (unpaired) electrons.